The fourth-order valence-electron chi connectivity index (χ4n) is 4.24. The minimum absolute atomic E-state index is 0.501. The van der Waals surface area contributed by atoms with E-state index in [-0.39, 0.29) is 0 Å². The summed E-state index contributed by atoms with van der Waals surface area (Å²) in [5.74, 6) is -0.162. The largest absolute Gasteiger partial charge is 0.346 e. The van der Waals surface area contributed by atoms with Crippen molar-refractivity contribution in [3.8, 4) is 0 Å². The van der Waals surface area contributed by atoms with Gasteiger partial charge in [0.2, 0.25) is 6.33 Å². The van der Waals surface area contributed by atoms with Gasteiger partial charge in [0.1, 0.15) is 25.5 Å². The predicted octanol–water partition coefficient (Wildman–Crippen LogP) is 6.47. The lowest BCUT2D eigenvalue weighted by atomic mass is 9.97. The first-order valence-corrected chi connectivity index (χ1v) is 12.4. The highest BCUT2D eigenvalue weighted by Crippen LogP contribution is 2.20. The third-order valence-electron chi connectivity index (χ3n) is 6.25. The number of rotatable bonds is 11. The Balaban J connectivity index is 1.38. The van der Waals surface area contributed by atoms with Crippen molar-refractivity contribution in [1.82, 2.24) is 4.57 Å². The molecule has 0 aliphatic heterocycles. The minimum atomic E-state index is -0.677. The van der Waals surface area contributed by atoms with Crippen molar-refractivity contribution in [2.45, 2.75) is 65.7 Å². The standard InChI is InChI=1S/C31H37N2O2/c1-25(2)30-17-11-10-15-28(30)21-33-19-18-32(24-33)20-27-14-8-9-16-29(27)23-35-31(3,4)34-22-26-12-6-5-7-13-26/h5-19,24-25H,20-23H2,1-4H3/q+1. The molecule has 0 N–H and O–H groups in total. The Hall–Kier alpha value is -3.21. The molecular weight excluding hydrogens is 432 g/mol. The number of hydrogen-bond acceptors (Lipinski definition) is 2. The molecule has 182 valence electrons. The van der Waals surface area contributed by atoms with E-state index in [4.69, 9.17) is 9.47 Å². The van der Waals surface area contributed by atoms with Crippen molar-refractivity contribution in [2.24, 2.45) is 0 Å². The van der Waals surface area contributed by atoms with Crippen molar-refractivity contribution in [3.05, 3.63) is 125 Å². The highest BCUT2D eigenvalue weighted by molar-refractivity contribution is 5.29. The quantitative estimate of drug-likeness (QED) is 0.186. The van der Waals surface area contributed by atoms with Crippen LogP contribution in [0, 0.1) is 0 Å². The molecule has 4 rings (SSSR count). The SMILES string of the molecule is CC(C)c1ccccc1C[n+]1ccn(Cc2ccccc2COC(C)(C)OCc2ccccc2)c1. The molecular formula is C31H37N2O2+. The number of imidazole rings is 1. The molecule has 0 atom stereocenters. The van der Waals surface area contributed by atoms with E-state index in [2.05, 4.69) is 102 Å². The van der Waals surface area contributed by atoms with Crippen LogP contribution in [0.5, 0.6) is 0 Å². The van der Waals surface area contributed by atoms with Crippen LogP contribution in [0.2, 0.25) is 0 Å². The van der Waals surface area contributed by atoms with Crippen LogP contribution in [0.15, 0.2) is 97.6 Å². The fourth-order valence-corrected chi connectivity index (χ4v) is 4.24. The van der Waals surface area contributed by atoms with Crippen LogP contribution in [-0.4, -0.2) is 10.4 Å². The first-order chi connectivity index (χ1) is 16.9. The first kappa shape index (κ1) is 24.9. The first-order valence-electron chi connectivity index (χ1n) is 12.4. The molecule has 35 heavy (non-hydrogen) atoms. The van der Waals surface area contributed by atoms with Gasteiger partial charge in [0.15, 0.2) is 5.79 Å². The number of aromatic nitrogens is 2. The molecule has 1 heterocycles. The van der Waals surface area contributed by atoms with Gasteiger partial charge in [0, 0.05) is 0 Å². The number of hydrogen-bond donors (Lipinski definition) is 0. The minimum Gasteiger partial charge on any atom is -0.346 e. The van der Waals surface area contributed by atoms with E-state index in [1.807, 2.05) is 32.0 Å². The number of nitrogens with zero attached hydrogens (tertiary/aromatic N) is 2. The summed E-state index contributed by atoms with van der Waals surface area (Å²) in [6.45, 7) is 11.1. The normalized spacial score (nSPS) is 11.8. The van der Waals surface area contributed by atoms with Crippen molar-refractivity contribution in [3.63, 3.8) is 0 Å². The molecule has 1 aromatic heterocycles. The molecule has 0 fully saturated rings. The maximum Gasteiger partial charge on any atom is 0.244 e. The molecule has 0 aliphatic carbocycles. The van der Waals surface area contributed by atoms with Gasteiger partial charge in [0.05, 0.1) is 13.2 Å². The van der Waals surface area contributed by atoms with Crippen LogP contribution < -0.4 is 4.57 Å². The van der Waals surface area contributed by atoms with Crippen molar-refractivity contribution in [2.75, 3.05) is 0 Å². The number of benzene rings is 3. The summed E-state index contributed by atoms with van der Waals surface area (Å²) in [5, 5.41) is 0. The molecule has 0 radical (unpaired) electrons. The highest BCUT2D eigenvalue weighted by atomic mass is 16.7. The lowest BCUT2D eigenvalue weighted by Crippen LogP contribution is -2.32. The third-order valence-corrected chi connectivity index (χ3v) is 6.25. The summed E-state index contributed by atoms with van der Waals surface area (Å²) in [5.41, 5.74) is 6.34. The molecule has 0 bridgehead atoms. The molecule has 0 aliphatic rings. The van der Waals surface area contributed by atoms with Crippen LogP contribution in [0.4, 0.5) is 0 Å². The summed E-state index contributed by atoms with van der Waals surface area (Å²) < 4.78 is 16.7. The molecule has 0 saturated heterocycles. The summed E-state index contributed by atoms with van der Waals surface area (Å²) >= 11 is 0. The van der Waals surface area contributed by atoms with Crippen molar-refractivity contribution in [1.29, 1.82) is 0 Å². The van der Waals surface area contributed by atoms with Gasteiger partial charge in [-0.2, -0.15) is 0 Å². The Kier molecular flexibility index (Phi) is 8.17. The maximum absolute atomic E-state index is 6.20. The van der Waals surface area contributed by atoms with E-state index in [1.54, 1.807) is 0 Å². The molecule has 0 spiro atoms. The second kappa shape index (κ2) is 11.5. The zero-order valence-electron chi connectivity index (χ0n) is 21.4. The second-order valence-corrected chi connectivity index (χ2v) is 9.84. The van der Waals surface area contributed by atoms with Crippen LogP contribution in [0.1, 0.15) is 61.4 Å². The van der Waals surface area contributed by atoms with Gasteiger partial charge >= 0.3 is 0 Å². The van der Waals surface area contributed by atoms with E-state index in [9.17, 15) is 0 Å². The summed E-state index contributed by atoms with van der Waals surface area (Å²) in [6, 6.07) is 27.4. The number of ether oxygens (including phenoxy) is 2. The van der Waals surface area contributed by atoms with Gasteiger partial charge in [-0.1, -0.05) is 92.7 Å². The van der Waals surface area contributed by atoms with Crippen LogP contribution in [0.25, 0.3) is 0 Å². The molecule has 4 aromatic rings. The molecule has 4 nitrogen and oxygen atoms in total. The van der Waals surface area contributed by atoms with Crippen LogP contribution in [0.3, 0.4) is 0 Å². The average molecular weight is 470 g/mol. The lowest BCUT2D eigenvalue weighted by Gasteiger charge is -2.26. The molecule has 3 aromatic carbocycles. The summed E-state index contributed by atoms with van der Waals surface area (Å²) in [4.78, 5) is 0. The third kappa shape index (κ3) is 7.14. The van der Waals surface area contributed by atoms with E-state index in [0.29, 0.717) is 19.1 Å². The average Bonchev–Trinajstić information content (AvgIpc) is 3.30. The molecule has 0 unspecified atom stereocenters. The van der Waals surface area contributed by atoms with Crippen LogP contribution in [-0.2, 0) is 35.8 Å². The van der Waals surface area contributed by atoms with Crippen LogP contribution >= 0.6 is 0 Å². The van der Waals surface area contributed by atoms with E-state index < -0.39 is 5.79 Å². The monoisotopic (exact) mass is 469 g/mol. The Bertz CT molecular complexity index is 1210. The Morgan fingerprint density at radius 3 is 2.14 bits per heavy atom. The molecule has 0 saturated carbocycles. The summed E-state index contributed by atoms with van der Waals surface area (Å²) in [6.07, 6.45) is 6.47. The Morgan fingerprint density at radius 1 is 0.771 bits per heavy atom. The van der Waals surface area contributed by atoms with Gasteiger partial charge in [0.25, 0.3) is 0 Å². The van der Waals surface area contributed by atoms with E-state index in [0.717, 1.165) is 18.7 Å². The molecule has 0 amide bonds. The van der Waals surface area contributed by atoms with E-state index >= 15 is 0 Å². The lowest BCUT2D eigenvalue weighted by molar-refractivity contribution is -0.687. The zero-order chi connectivity index (χ0) is 24.7. The maximum atomic E-state index is 6.20. The van der Waals surface area contributed by atoms with Gasteiger partial charge in [-0.25, -0.2) is 9.13 Å². The topological polar surface area (TPSA) is 27.3 Å². The van der Waals surface area contributed by atoms with Crippen molar-refractivity contribution < 1.29 is 14.0 Å². The van der Waals surface area contributed by atoms with Gasteiger partial charge in [-0.05, 0) is 47.6 Å². The Morgan fingerprint density at radius 2 is 1.40 bits per heavy atom. The highest BCUT2D eigenvalue weighted by Gasteiger charge is 2.20. The van der Waals surface area contributed by atoms with Crippen molar-refractivity contribution >= 4 is 0 Å². The Labute approximate surface area is 209 Å². The van der Waals surface area contributed by atoms with Gasteiger partial charge in [-0.15, -0.1) is 0 Å². The second-order valence-electron chi connectivity index (χ2n) is 9.84. The van der Waals surface area contributed by atoms with Gasteiger partial charge in [-0.3, -0.25) is 0 Å². The van der Waals surface area contributed by atoms with E-state index in [1.165, 1.54) is 22.3 Å². The smallest absolute Gasteiger partial charge is 0.244 e. The fraction of sp³-hybridized carbons (Fsp3) is 0.323. The summed E-state index contributed by atoms with van der Waals surface area (Å²) in [7, 11) is 0. The zero-order valence-corrected chi connectivity index (χ0v) is 21.4. The molecule has 4 heteroatoms. The van der Waals surface area contributed by atoms with Gasteiger partial charge < -0.3 is 9.47 Å². The predicted molar refractivity (Wildman–Crippen MR) is 140 cm³/mol.